The van der Waals surface area contributed by atoms with Crippen LogP contribution in [0.5, 0.6) is 5.75 Å². The molecule has 0 aliphatic carbocycles. The van der Waals surface area contributed by atoms with E-state index in [1.165, 1.54) is 11.8 Å². The molecular weight excluding hydrogens is 502 g/mol. The van der Waals surface area contributed by atoms with E-state index in [0.717, 1.165) is 49.0 Å². The minimum atomic E-state index is -0.253. The number of amides is 1. The summed E-state index contributed by atoms with van der Waals surface area (Å²) in [5.74, 6) is 0.515. The predicted octanol–water partition coefficient (Wildman–Crippen LogP) is 5.22. The SMILES string of the molecule is COc1ccc(/C=N\NC(=O)C2=C(C)Nc3ccccc3S2)cc1Cn1nc(C)c(Br)c1C. The number of fused-ring (bicyclic) bond motifs is 1. The van der Waals surface area contributed by atoms with Gasteiger partial charge in [0.2, 0.25) is 0 Å². The van der Waals surface area contributed by atoms with Crippen molar-refractivity contribution in [3.8, 4) is 5.75 Å². The van der Waals surface area contributed by atoms with Gasteiger partial charge < -0.3 is 10.1 Å². The molecule has 2 N–H and O–H groups in total. The molecule has 170 valence electrons. The van der Waals surface area contributed by atoms with Crippen molar-refractivity contribution in [2.45, 2.75) is 32.2 Å². The number of para-hydroxylation sites is 1. The zero-order valence-electron chi connectivity index (χ0n) is 18.8. The van der Waals surface area contributed by atoms with Crippen molar-refractivity contribution < 1.29 is 9.53 Å². The molecule has 3 aromatic rings. The van der Waals surface area contributed by atoms with Gasteiger partial charge in [-0.3, -0.25) is 9.48 Å². The number of nitrogens with one attached hydrogen (secondary N) is 2. The van der Waals surface area contributed by atoms with Crippen molar-refractivity contribution in [1.29, 1.82) is 0 Å². The molecule has 7 nitrogen and oxygen atoms in total. The van der Waals surface area contributed by atoms with Crippen LogP contribution in [0.4, 0.5) is 5.69 Å². The van der Waals surface area contributed by atoms with Crippen molar-refractivity contribution in [1.82, 2.24) is 15.2 Å². The Morgan fingerprint density at radius 2 is 2.06 bits per heavy atom. The summed E-state index contributed by atoms with van der Waals surface area (Å²) in [5, 5.41) is 12.0. The first-order chi connectivity index (χ1) is 15.9. The van der Waals surface area contributed by atoms with Crippen LogP contribution in [0, 0.1) is 13.8 Å². The van der Waals surface area contributed by atoms with Gasteiger partial charge >= 0.3 is 0 Å². The Balaban J connectivity index is 1.48. The van der Waals surface area contributed by atoms with Gasteiger partial charge in [-0.1, -0.05) is 23.9 Å². The van der Waals surface area contributed by atoms with Gasteiger partial charge in [0, 0.05) is 16.2 Å². The van der Waals surface area contributed by atoms with Crippen molar-refractivity contribution in [2.24, 2.45) is 5.10 Å². The lowest BCUT2D eigenvalue weighted by Crippen LogP contribution is -2.22. The van der Waals surface area contributed by atoms with E-state index in [4.69, 9.17) is 4.74 Å². The zero-order chi connectivity index (χ0) is 23.5. The molecule has 1 aliphatic rings. The number of aromatic nitrogens is 2. The molecule has 33 heavy (non-hydrogen) atoms. The normalized spacial score (nSPS) is 13.1. The third-order valence-corrected chi connectivity index (χ3v) is 7.68. The van der Waals surface area contributed by atoms with Gasteiger partial charge in [-0.15, -0.1) is 0 Å². The summed E-state index contributed by atoms with van der Waals surface area (Å²) in [7, 11) is 1.65. The lowest BCUT2D eigenvalue weighted by molar-refractivity contribution is -0.116. The molecule has 1 aliphatic heterocycles. The Hall–Kier alpha value is -3.04. The Bertz CT molecular complexity index is 1280. The molecule has 0 fully saturated rings. The Morgan fingerprint density at radius 3 is 2.79 bits per heavy atom. The van der Waals surface area contributed by atoms with Crippen LogP contribution in [0.2, 0.25) is 0 Å². The number of carbonyl (C=O) groups is 1. The van der Waals surface area contributed by atoms with Gasteiger partial charge in [0.05, 0.1) is 46.3 Å². The standard InChI is InChI=1S/C24H24BrN5O2S/c1-14-22(25)16(3)30(29-14)13-18-11-17(9-10-20(18)32-4)12-26-28-24(31)23-15(2)27-19-7-5-6-8-21(19)33-23/h5-12,27H,13H2,1-4H3,(H,28,31)/b26-12-. The number of methoxy groups -OCH3 is 1. The topological polar surface area (TPSA) is 80.5 Å². The molecule has 0 atom stereocenters. The lowest BCUT2D eigenvalue weighted by Gasteiger charge is -2.20. The Morgan fingerprint density at radius 1 is 1.27 bits per heavy atom. The van der Waals surface area contributed by atoms with Gasteiger partial charge in [0.25, 0.3) is 5.91 Å². The third kappa shape index (κ3) is 4.99. The fourth-order valence-electron chi connectivity index (χ4n) is 3.53. The maximum absolute atomic E-state index is 12.7. The molecule has 1 aromatic heterocycles. The molecule has 1 amide bonds. The van der Waals surface area contributed by atoms with Crippen LogP contribution in [0.25, 0.3) is 0 Å². The van der Waals surface area contributed by atoms with Gasteiger partial charge in [0.1, 0.15) is 5.75 Å². The van der Waals surface area contributed by atoms with E-state index in [-0.39, 0.29) is 5.91 Å². The summed E-state index contributed by atoms with van der Waals surface area (Å²) in [6.07, 6.45) is 1.63. The summed E-state index contributed by atoms with van der Waals surface area (Å²) in [4.78, 5) is 14.3. The maximum Gasteiger partial charge on any atom is 0.279 e. The second-order valence-corrected chi connectivity index (χ2v) is 9.44. The van der Waals surface area contributed by atoms with E-state index in [1.807, 2.05) is 67.9 Å². The number of hydrazone groups is 1. The van der Waals surface area contributed by atoms with Crippen LogP contribution in [0.1, 0.15) is 29.4 Å². The van der Waals surface area contributed by atoms with E-state index in [1.54, 1.807) is 13.3 Å². The molecular formula is C24H24BrN5O2S. The predicted molar refractivity (Wildman–Crippen MR) is 136 cm³/mol. The highest BCUT2D eigenvalue weighted by atomic mass is 79.9. The third-order valence-electron chi connectivity index (χ3n) is 5.27. The number of allylic oxidation sites excluding steroid dienone is 1. The number of benzene rings is 2. The highest BCUT2D eigenvalue weighted by molar-refractivity contribution is 9.10. The molecule has 0 radical (unpaired) electrons. The Kier molecular flexibility index (Phi) is 6.90. The highest BCUT2D eigenvalue weighted by Crippen LogP contribution is 2.39. The summed E-state index contributed by atoms with van der Waals surface area (Å²) >= 11 is 5.00. The van der Waals surface area contributed by atoms with E-state index in [0.29, 0.717) is 11.4 Å². The van der Waals surface area contributed by atoms with Crippen LogP contribution < -0.4 is 15.5 Å². The first kappa shape index (κ1) is 23.1. The monoisotopic (exact) mass is 525 g/mol. The molecule has 0 saturated heterocycles. The molecule has 2 heterocycles. The number of rotatable bonds is 6. The number of hydrogen-bond acceptors (Lipinski definition) is 6. The zero-order valence-corrected chi connectivity index (χ0v) is 21.2. The van der Waals surface area contributed by atoms with Gasteiger partial charge in [0.15, 0.2) is 0 Å². The van der Waals surface area contributed by atoms with E-state index in [2.05, 4.69) is 36.9 Å². The van der Waals surface area contributed by atoms with E-state index >= 15 is 0 Å². The first-order valence-corrected chi connectivity index (χ1v) is 11.9. The second-order valence-electron chi connectivity index (χ2n) is 7.59. The number of nitrogens with zero attached hydrogens (tertiary/aromatic N) is 3. The quantitative estimate of drug-likeness (QED) is 0.340. The van der Waals surface area contributed by atoms with Gasteiger partial charge in [-0.05, 0) is 72.6 Å². The molecule has 0 unspecified atom stereocenters. The molecule has 0 bridgehead atoms. The average Bonchev–Trinajstić information content (AvgIpc) is 3.05. The van der Waals surface area contributed by atoms with Crippen LogP contribution in [-0.4, -0.2) is 29.0 Å². The summed E-state index contributed by atoms with van der Waals surface area (Å²) < 4.78 is 8.46. The second kappa shape index (κ2) is 9.84. The van der Waals surface area contributed by atoms with Crippen molar-refractivity contribution in [3.63, 3.8) is 0 Å². The summed E-state index contributed by atoms with van der Waals surface area (Å²) in [5.41, 5.74) is 8.23. The number of thioether (sulfide) groups is 1. The lowest BCUT2D eigenvalue weighted by atomic mass is 10.1. The number of hydrogen-bond donors (Lipinski definition) is 2. The minimum Gasteiger partial charge on any atom is -0.496 e. The number of halogens is 1. The minimum absolute atomic E-state index is 0.253. The number of ether oxygens (including phenoxy) is 1. The molecule has 2 aromatic carbocycles. The van der Waals surface area contributed by atoms with Crippen LogP contribution in [0.3, 0.4) is 0 Å². The van der Waals surface area contributed by atoms with Crippen LogP contribution in [0.15, 0.2) is 67.5 Å². The maximum atomic E-state index is 12.7. The number of carbonyl (C=O) groups excluding carboxylic acids is 1. The van der Waals surface area contributed by atoms with Gasteiger partial charge in [-0.25, -0.2) is 5.43 Å². The Labute approximate surface area is 205 Å². The largest absolute Gasteiger partial charge is 0.496 e. The molecule has 4 rings (SSSR count). The van der Waals surface area contributed by atoms with Crippen LogP contribution >= 0.6 is 27.7 Å². The molecule has 0 spiro atoms. The fraction of sp³-hybridized carbons (Fsp3) is 0.208. The fourth-order valence-corrected chi connectivity index (χ4v) is 4.75. The molecule has 0 saturated carbocycles. The van der Waals surface area contributed by atoms with Crippen LogP contribution in [-0.2, 0) is 11.3 Å². The highest BCUT2D eigenvalue weighted by Gasteiger charge is 2.21. The molecule has 9 heteroatoms. The van der Waals surface area contributed by atoms with Crippen molar-refractivity contribution >= 4 is 45.5 Å². The number of anilines is 1. The van der Waals surface area contributed by atoms with Crippen molar-refractivity contribution in [2.75, 3.05) is 12.4 Å². The van der Waals surface area contributed by atoms with Gasteiger partial charge in [-0.2, -0.15) is 10.2 Å². The first-order valence-electron chi connectivity index (χ1n) is 10.3. The van der Waals surface area contributed by atoms with Crippen molar-refractivity contribution in [3.05, 3.63) is 80.1 Å². The number of aryl methyl sites for hydroxylation is 1. The van der Waals surface area contributed by atoms with E-state index in [9.17, 15) is 4.79 Å². The average molecular weight is 526 g/mol. The summed E-state index contributed by atoms with van der Waals surface area (Å²) in [6, 6.07) is 13.7. The van der Waals surface area contributed by atoms with E-state index < -0.39 is 0 Å². The summed E-state index contributed by atoms with van der Waals surface area (Å²) in [6.45, 7) is 6.43. The smallest absolute Gasteiger partial charge is 0.279 e.